The predicted molar refractivity (Wildman–Crippen MR) is 86.7 cm³/mol. The van der Waals surface area contributed by atoms with Crippen LogP contribution < -0.4 is 10.1 Å². The van der Waals surface area contributed by atoms with Gasteiger partial charge in [-0.25, -0.2) is 0 Å². The number of methoxy groups -OCH3 is 1. The van der Waals surface area contributed by atoms with Gasteiger partial charge >= 0.3 is 5.97 Å². The average molecular weight is 295 g/mol. The topological polar surface area (TPSA) is 47.6 Å². The molecule has 1 aromatic rings. The first-order valence-electron chi connectivity index (χ1n) is 7.63. The summed E-state index contributed by atoms with van der Waals surface area (Å²) in [6.45, 7) is 10.4. The summed E-state index contributed by atoms with van der Waals surface area (Å²) in [7, 11) is 1.64. The lowest BCUT2D eigenvalue weighted by Gasteiger charge is -2.18. The molecule has 0 amide bonds. The lowest BCUT2D eigenvalue weighted by Crippen LogP contribution is -2.40. The maximum absolute atomic E-state index is 12.0. The Bertz CT molecular complexity index is 388. The van der Waals surface area contributed by atoms with E-state index in [1.807, 2.05) is 58.9 Å². The highest BCUT2D eigenvalue weighted by atomic mass is 16.5. The molecule has 1 rings (SSSR count). The van der Waals surface area contributed by atoms with Crippen molar-refractivity contribution in [2.45, 2.75) is 53.2 Å². The van der Waals surface area contributed by atoms with E-state index in [1.54, 1.807) is 7.11 Å². The van der Waals surface area contributed by atoms with E-state index in [-0.39, 0.29) is 18.1 Å². The van der Waals surface area contributed by atoms with E-state index >= 15 is 0 Å². The smallest absolute Gasteiger partial charge is 0.323 e. The Hall–Kier alpha value is -1.55. The third kappa shape index (κ3) is 7.71. The SMILES string of the molecule is CC.CCNC(Cc1ccc(OC)cc1)C(=O)OC(C)C. The second kappa shape index (κ2) is 11.1. The Labute approximate surface area is 128 Å². The summed E-state index contributed by atoms with van der Waals surface area (Å²) in [5.41, 5.74) is 1.08. The fourth-order valence-corrected chi connectivity index (χ4v) is 1.80. The van der Waals surface area contributed by atoms with Crippen LogP contribution in [0.3, 0.4) is 0 Å². The van der Waals surface area contributed by atoms with E-state index in [1.165, 1.54) is 0 Å². The van der Waals surface area contributed by atoms with E-state index in [4.69, 9.17) is 9.47 Å². The first kappa shape index (κ1) is 19.4. The molecule has 0 aliphatic heterocycles. The van der Waals surface area contributed by atoms with Gasteiger partial charge in [0, 0.05) is 0 Å². The molecule has 0 saturated carbocycles. The van der Waals surface area contributed by atoms with E-state index in [2.05, 4.69) is 5.32 Å². The summed E-state index contributed by atoms with van der Waals surface area (Å²) in [4.78, 5) is 12.0. The molecule has 0 fully saturated rings. The van der Waals surface area contributed by atoms with Crippen LogP contribution in [-0.2, 0) is 16.0 Å². The summed E-state index contributed by atoms with van der Waals surface area (Å²) >= 11 is 0. The molecule has 0 heterocycles. The van der Waals surface area contributed by atoms with E-state index in [9.17, 15) is 4.79 Å². The maximum Gasteiger partial charge on any atom is 0.323 e. The Morgan fingerprint density at radius 3 is 2.19 bits per heavy atom. The molecule has 0 radical (unpaired) electrons. The Kier molecular flexibility index (Phi) is 10.3. The van der Waals surface area contributed by atoms with Gasteiger partial charge in [-0.05, 0) is 44.5 Å². The second-order valence-corrected chi connectivity index (χ2v) is 4.65. The van der Waals surface area contributed by atoms with Crippen LogP contribution in [0.15, 0.2) is 24.3 Å². The highest BCUT2D eigenvalue weighted by Gasteiger charge is 2.20. The Balaban J connectivity index is 0.00000191. The maximum atomic E-state index is 12.0. The number of carbonyl (C=O) groups excluding carboxylic acids is 1. The minimum absolute atomic E-state index is 0.0930. The van der Waals surface area contributed by atoms with Crippen molar-refractivity contribution in [3.8, 4) is 5.75 Å². The zero-order valence-corrected chi connectivity index (χ0v) is 14.1. The number of esters is 1. The molecule has 1 N–H and O–H groups in total. The third-order valence-corrected chi connectivity index (χ3v) is 2.69. The average Bonchev–Trinajstić information content (AvgIpc) is 2.49. The normalized spacial score (nSPS) is 11.4. The molecular formula is C17H29NO3. The molecule has 0 spiro atoms. The fourth-order valence-electron chi connectivity index (χ4n) is 1.80. The van der Waals surface area contributed by atoms with Crippen molar-refractivity contribution in [2.75, 3.05) is 13.7 Å². The van der Waals surface area contributed by atoms with Crippen molar-refractivity contribution in [1.29, 1.82) is 0 Å². The van der Waals surface area contributed by atoms with Gasteiger partial charge in [0.05, 0.1) is 13.2 Å². The van der Waals surface area contributed by atoms with Crippen LogP contribution in [0.2, 0.25) is 0 Å². The van der Waals surface area contributed by atoms with Gasteiger partial charge in [0.1, 0.15) is 11.8 Å². The van der Waals surface area contributed by atoms with Crippen molar-refractivity contribution >= 4 is 5.97 Å². The molecule has 0 aromatic heterocycles. The van der Waals surface area contributed by atoms with Gasteiger partial charge in [0.2, 0.25) is 0 Å². The van der Waals surface area contributed by atoms with Crippen LogP contribution in [0.25, 0.3) is 0 Å². The van der Waals surface area contributed by atoms with E-state index in [0.29, 0.717) is 6.42 Å². The highest BCUT2D eigenvalue weighted by molar-refractivity contribution is 5.76. The Morgan fingerprint density at radius 1 is 1.19 bits per heavy atom. The molecule has 120 valence electrons. The van der Waals surface area contributed by atoms with Crippen LogP contribution in [0.5, 0.6) is 5.75 Å². The minimum Gasteiger partial charge on any atom is -0.497 e. The van der Waals surface area contributed by atoms with Crippen molar-refractivity contribution in [3.05, 3.63) is 29.8 Å². The van der Waals surface area contributed by atoms with Gasteiger partial charge in [-0.1, -0.05) is 32.9 Å². The number of likely N-dealkylation sites (N-methyl/N-ethyl adjacent to an activating group) is 1. The summed E-state index contributed by atoms with van der Waals surface area (Å²) in [5.74, 6) is 0.612. The zero-order valence-electron chi connectivity index (χ0n) is 14.1. The van der Waals surface area contributed by atoms with Crippen LogP contribution >= 0.6 is 0 Å². The van der Waals surface area contributed by atoms with Gasteiger partial charge in [-0.3, -0.25) is 4.79 Å². The first-order valence-corrected chi connectivity index (χ1v) is 7.63. The van der Waals surface area contributed by atoms with Crippen molar-refractivity contribution in [3.63, 3.8) is 0 Å². The molecule has 4 nitrogen and oxygen atoms in total. The molecular weight excluding hydrogens is 266 g/mol. The number of rotatable bonds is 7. The van der Waals surface area contributed by atoms with Gasteiger partial charge in [-0.15, -0.1) is 0 Å². The van der Waals surface area contributed by atoms with Crippen LogP contribution in [0.1, 0.15) is 40.2 Å². The van der Waals surface area contributed by atoms with Gasteiger partial charge in [-0.2, -0.15) is 0 Å². The van der Waals surface area contributed by atoms with Crippen LogP contribution in [0.4, 0.5) is 0 Å². The van der Waals surface area contributed by atoms with E-state index in [0.717, 1.165) is 17.9 Å². The third-order valence-electron chi connectivity index (χ3n) is 2.69. The monoisotopic (exact) mass is 295 g/mol. The van der Waals surface area contributed by atoms with Gasteiger partial charge in [0.25, 0.3) is 0 Å². The largest absolute Gasteiger partial charge is 0.497 e. The number of carbonyl (C=O) groups is 1. The Morgan fingerprint density at radius 2 is 1.76 bits per heavy atom. The molecule has 0 saturated heterocycles. The van der Waals surface area contributed by atoms with Crippen LogP contribution in [0, 0.1) is 0 Å². The first-order chi connectivity index (χ1) is 10.1. The summed E-state index contributed by atoms with van der Waals surface area (Å²) in [5, 5.41) is 3.16. The number of nitrogens with one attached hydrogen (secondary N) is 1. The minimum atomic E-state index is -0.305. The zero-order chi connectivity index (χ0) is 16.3. The number of ether oxygens (including phenoxy) is 2. The molecule has 0 bridgehead atoms. The summed E-state index contributed by atoms with van der Waals surface area (Å²) < 4.78 is 10.4. The van der Waals surface area contributed by atoms with Gasteiger partial charge < -0.3 is 14.8 Å². The van der Waals surface area contributed by atoms with Crippen molar-refractivity contribution in [1.82, 2.24) is 5.32 Å². The molecule has 0 aliphatic carbocycles. The molecule has 0 aliphatic rings. The van der Waals surface area contributed by atoms with E-state index < -0.39 is 0 Å². The van der Waals surface area contributed by atoms with Gasteiger partial charge in [0.15, 0.2) is 0 Å². The standard InChI is InChI=1S/C15H23NO3.C2H6/c1-5-16-14(15(17)19-11(2)3)10-12-6-8-13(18-4)9-7-12;1-2/h6-9,11,14,16H,5,10H2,1-4H3;1-2H3. The quantitative estimate of drug-likeness (QED) is 0.785. The number of hydrogen-bond donors (Lipinski definition) is 1. The summed E-state index contributed by atoms with van der Waals surface area (Å²) in [6.07, 6.45) is 0.521. The molecule has 1 atom stereocenters. The van der Waals surface area contributed by atoms with Crippen molar-refractivity contribution < 1.29 is 14.3 Å². The lowest BCUT2D eigenvalue weighted by atomic mass is 10.1. The van der Waals surface area contributed by atoms with Crippen LogP contribution in [-0.4, -0.2) is 31.8 Å². The predicted octanol–water partition coefficient (Wildman–Crippen LogP) is 3.19. The lowest BCUT2D eigenvalue weighted by molar-refractivity contribution is -0.149. The van der Waals surface area contributed by atoms with Crippen molar-refractivity contribution in [2.24, 2.45) is 0 Å². The number of hydrogen-bond acceptors (Lipinski definition) is 4. The molecule has 21 heavy (non-hydrogen) atoms. The summed E-state index contributed by atoms with van der Waals surface area (Å²) in [6, 6.07) is 7.41. The highest BCUT2D eigenvalue weighted by Crippen LogP contribution is 2.13. The second-order valence-electron chi connectivity index (χ2n) is 4.65. The molecule has 4 heteroatoms. The number of benzene rings is 1. The molecule has 1 aromatic carbocycles. The fraction of sp³-hybridized carbons (Fsp3) is 0.588. The molecule has 1 unspecified atom stereocenters.